The zero-order valence-corrected chi connectivity index (χ0v) is 18.8. The maximum absolute atomic E-state index is 13.3. The van der Waals surface area contributed by atoms with Crippen LogP contribution in [0, 0.1) is 11.3 Å². The Morgan fingerprint density at radius 2 is 1.70 bits per heavy atom. The summed E-state index contributed by atoms with van der Waals surface area (Å²) in [6, 6.07) is 4.40. The van der Waals surface area contributed by atoms with Gasteiger partial charge in [-0.3, -0.25) is 9.59 Å². The van der Waals surface area contributed by atoms with Crippen LogP contribution in [-0.2, 0) is 15.8 Å². The van der Waals surface area contributed by atoms with Crippen molar-refractivity contribution in [3.05, 3.63) is 40.5 Å². The first-order valence-electron chi connectivity index (χ1n) is 11.4. The zero-order valence-electron chi connectivity index (χ0n) is 18.8. The van der Waals surface area contributed by atoms with Crippen molar-refractivity contribution in [1.29, 1.82) is 5.26 Å². The third-order valence-corrected chi connectivity index (χ3v) is 6.24. The molecular weight excluding hydrogens is 433 g/mol. The number of nitriles is 1. The minimum absolute atomic E-state index is 0.168. The molecule has 3 rings (SSSR count). The van der Waals surface area contributed by atoms with Crippen molar-refractivity contribution < 1.29 is 22.8 Å². The maximum atomic E-state index is 13.3. The number of hydrogen-bond acceptors (Lipinski definition) is 5. The summed E-state index contributed by atoms with van der Waals surface area (Å²) in [5, 5.41) is 12.3. The van der Waals surface area contributed by atoms with Crippen molar-refractivity contribution in [3.8, 4) is 6.07 Å². The summed E-state index contributed by atoms with van der Waals surface area (Å²) in [6.45, 7) is 6.89. The molecule has 1 aromatic rings. The normalized spacial score (nSPS) is 17.7. The molecule has 1 aromatic carbocycles. The van der Waals surface area contributed by atoms with Gasteiger partial charge < -0.3 is 10.2 Å². The summed E-state index contributed by atoms with van der Waals surface area (Å²) < 4.78 is 39.9. The number of carbonyl (C=O) groups is 2. The predicted octanol–water partition coefficient (Wildman–Crippen LogP) is 4.01. The van der Waals surface area contributed by atoms with Crippen LogP contribution in [0.3, 0.4) is 0 Å². The monoisotopic (exact) mass is 462 g/mol. The maximum Gasteiger partial charge on any atom is 0.417 e. The van der Waals surface area contributed by atoms with Gasteiger partial charge in [-0.25, -0.2) is 4.90 Å². The molecule has 0 aliphatic carbocycles. The minimum atomic E-state index is -4.76. The second kappa shape index (κ2) is 10.9. The summed E-state index contributed by atoms with van der Waals surface area (Å²) in [5.41, 5.74) is -1.24. The van der Waals surface area contributed by atoms with Gasteiger partial charge in [0, 0.05) is 37.3 Å². The van der Waals surface area contributed by atoms with Crippen LogP contribution < -0.4 is 10.2 Å². The van der Waals surface area contributed by atoms with E-state index in [-0.39, 0.29) is 11.3 Å². The molecule has 1 N–H and O–H groups in total. The summed E-state index contributed by atoms with van der Waals surface area (Å²) >= 11 is 0. The Kier molecular flexibility index (Phi) is 8.27. The second-order valence-corrected chi connectivity index (χ2v) is 8.50. The molecule has 6 nitrogen and oxygen atoms in total. The number of hydrogen-bond donors (Lipinski definition) is 1. The van der Waals surface area contributed by atoms with Crippen LogP contribution in [0.1, 0.15) is 56.6 Å². The number of rotatable bonds is 9. The molecule has 0 radical (unpaired) electrons. The number of benzene rings is 1. The van der Waals surface area contributed by atoms with E-state index in [9.17, 15) is 22.8 Å². The molecular formula is C24H29F3N4O2. The van der Waals surface area contributed by atoms with Crippen molar-refractivity contribution >= 4 is 17.5 Å². The molecule has 2 heterocycles. The van der Waals surface area contributed by atoms with Crippen molar-refractivity contribution in [1.82, 2.24) is 10.2 Å². The van der Waals surface area contributed by atoms with Gasteiger partial charge in [-0.1, -0.05) is 19.3 Å². The molecule has 0 unspecified atom stereocenters. The average Bonchev–Trinajstić information content (AvgIpc) is 3.01. The molecule has 0 spiro atoms. The van der Waals surface area contributed by atoms with Gasteiger partial charge in [0.05, 0.1) is 22.9 Å². The van der Waals surface area contributed by atoms with Crippen LogP contribution in [0.15, 0.2) is 29.3 Å². The van der Waals surface area contributed by atoms with E-state index < -0.39 is 29.1 Å². The van der Waals surface area contributed by atoms with Crippen LogP contribution in [0.25, 0.3) is 0 Å². The van der Waals surface area contributed by atoms with Crippen LogP contribution in [-0.4, -0.2) is 49.4 Å². The summed E-state index contributed by atoms with van der Waals surface area (Å²) in [7, 11) is 0. The van der Waals surface area contributed by atoms with Gasteiger partial charge in [-0.2, -0.15) is 18.4 Å². The molecule has 1 saturated heterocycles. The van der Waals surface area contributed by atoms with Crippen molar-refractivity contribution in [2.45, 2.75) is 51.6 Å². The molecule has 1 fully saturated rings. The molecule has 2 amide bonds. The van der Waals surface area contributed by atoms with Gasteiger partial charge in [0.2, 0.25) is 0 Å². The van der Waals surface area contributed by atoms with Gasteiger partial charge in [0.15, 0.2) is 0 Å². The smallest absolute Gasteiger partial charge is 0.314 e. The number of amides is 2. The lowest BCUT2D eigenvalue weighted by atomic mass is 10.0. The first-order valence-corrected chi connectivity index (χ1v) is 11.4. The lowest BCUT2D eigenvalue weighted by Crippen LogP contribution is -2.43. The number of imide groups is 1. The number of alkyl halides is 3. The Balaban J connectivity index is 1.53. The predicted molar refractivity (Wildman–Crippen MR) is 118 cm³/mol. The number of nitrogens with one attached hydrogen (secondary N) is 1. The van der Waals surface area contributed by atoms with Crippen LogP contribution in [0.5, 0.6) is 0 Å². The number of nitrogens with zero attached hydrogens (tertiary/aromatic N) is 3. The van der Waals surface area contributed by atoms with E-state index in [0.29, 0.717) is 18.1 Å². The summed E-state index contributed by atoms with van der Waals surface area (Å²) in [4.78, 5) is 28.8. The zero-order chi connectivity index (χ0) is 24.0. The fourth-order valence-corrected chi connectivity index (χ4v) is 4.32. The Bertz CT molecular complexity index is 959. The average molecular weight is 463 g/mol. The largest absolute Gasteiger partial charge is 0.417 e. The molecule has 178 valence electrons. The summed E-state index contributed by atoms with van der Waals surface area (Å²) in [5.74, 6) is -1.18. The van der Waals surface area contributed by atoms with Crippen molar-refractivity contribution in [2.75, 3.05) is 37.6 Å². The molecule has 0 bridgehead atoms. The van der Waals surface area contributed by atoms with E-state index in [1.54, 1.807) is 0 Å². The minimum Gasteiger partial charge on any atom is -0.314 e. The van der Waals surface area contributed by atoms with Gasteiger partial charge in [-0.15, -0.1) is 0 Å². The highest BCUT2D eigenvalue weighted by atomic mass is 19.4. The van der Waals surface area contributed by atoms with E-state index in [1.165, 1.54) is 19.1 Å². The van der Waals surface area contributed by atoms with E-state index in [1.807, 2.05) is 0 Å². The fourth-order valence-electron chi connectivity index (χ4n) is 4.32. The van der Waals surface area contributed by atoms with Crippen LogP contribution in [0.4, 0.5) is 18.9 Å². The lowest BCUT2D eigenvalue weighted by Gasteiger charge is -2.27. The SMILES string of the molecule is CC1=C(CCCCCCCN2CCNCC2)C(=O)N(c2ccc(C#N)c(C(F)(F)F)c2)C1=O. The van der Waals surface area contributed by atoms with Gasteiger partial charge in [0.1, 0.15) is 0 Å². The number of carbonyl (C=O) groups excluding carboxylic acids is 2. The van der Waals surface area contributed by atoms with E-state index in [4.69, 9.17) is 5.26 Å². The lowest BCUT2D eigenvalue weighted by molar-refractivity contribution is -0.138. The summed E-state index contributed by atoms with van der Waals surface area (Å²) in [6.07, 6.45) is 0.605. The quantitative estimate of drug-likeness (QED) is 0.443. The number of halogens is 3. The van der Waals surface area contributed by atoms with Crippen molar-refractivity contribution in [3.63, 3.8) is 0 Å². The topological polar surface area (TPSA) is 76.4 Å². The molecule has 0 aromatic heterocycles. The third kappa shape index (κ3) is 6.01. The van der Waals surface area contributed by atoms with Gasteiger partial charge in [0.25, 0.3) is 11.8 Å². The third-order valence-electron chi connectivity index (χ3n) is 6.24. The molecule has 0 saturated carbocycles. The Morgan fingerprint density at radius 1 is 1.03 bits per heavy atom. The van der Waals surface area contributed by atoms with Crippen LogP contribution >= 0.6 is 0 Å². The van der Waals surface area contributed by atoms with Crippen molar-refractivity contribution in [2.24, 2.45) is 0 Å². The highest BCUT2D eigenvalue weighted by Gasteiger charge is 2.39. The first-order chi connectivity index (χ1) is 15.7. The Morgan fingerprint density at radius 3 is 2.36 bits per heavy atom. The Labute approximate surface area is 192 Å². The molecule has 0 atom stereocenters. The first kappa shape index (κ1) is 24.9. The van der Waals surface area contributed by atoms with Crippen LogP contribution in [0.2, 0.25) is 0 Å². The van der Waals surface area contributed by atoms with E-state index in [2.05, 4.69) is 10.2 Å². The molecule has 9 heteroatoms. The number of piperazine rings is 1. The number of anilines is 1. The Hall–Kier alpha value is -2.70. The number of unbranched alkanes of at least 4 members (excludes halogenated alkanes) is 4. The van der Waals surface area contributed by atoms with E-state index in [0.717, 1.165) is 75.8 Å². The molecule has 2 aliphatic heterocycles. The highest BCUT2D eigenvalue weighted by Crippen LogP contribution is 2.36. The van der Waals surface area contributed by atoms with E-state index >= 15 is 0 Å². The molecule has 2 aliphatic rings. The fraction of sp³-hybridized carbons (Fsp3) is 0.542. The standard InChI is InChI=1S/C24H29F3N4O2/c1-17-20(7-5-3-2-4-6-12-30-13-10-29-11-14-30)23(33)31(22(17)32)19-9-8-18(16-28)21(15-19)24(25,26)27/h8-9,15,29H,2-7,10-14H2,1H3. The van der Waals surface area contributed by atoms with Gasteiger partial charge in [-0.05, 0) is 50.9 Å². The molecule has 33 heavy (non-hydrogen) atoms. The van der Waals surface area contributed by atoms with Gasteiger partial charge >= 0.3 is 6.18 Å². The second-order valence-electron chi connectivity index (χ2n) is 8.50. The highest BCUT2D eigenvalue weighted by molar-refractivity contribution is 6.32.